The lowest BCUT2D eigenvalue weighted by atomic mass is 9.47. The Morgan fingerprint density at radius 1 is 1.12 bits per heavy atom. The minimum absolute atomic E-state index is 0.119. The molecule has 4 fully saturated rings. The van der Waals surface area contributed by atoms with Crippen molar-refractivity contribution in [3.05, 3.63) is 11.6 Å². The van der Waals surface area contributed by atoms with Crippen LogP contribution in [-0.2, 0) is 9.47 Å². The maximum absolute atomic E-state index is 10.1. The third-order valence-corrected chi connectivity index (χ3v) is 9.83. The normalized spacial score (nSPS) is 53.9. The summed E-state index contributed by atoms with van der Waals surface area (Å²) < 4.78 is 12.6. The Balaban J connectivity index is 1.51. The molecule has 5 aliphatic rings. The molecule has 1 spiro atoms. The Morgan fingerprint density at radius 2 is 1.88 bits per heavy atom. The lowest BCUT2D eigenvalue weighted by molar-refractivity contribution is -0.238. The van der Waals surface area contributed by atoms with Crippen LogP contribution in [0.1, 0.15) is 58.8 Å². The van der Waals surface area contributed by atoms with E-state index in [4.69, 9.17) is 9.47 Å². The number of ether oxygens (including phenoxy) is 2. The Kier molecular flexibility index (Phi) is 3.83. The molecule has 0 aromatic rings. The van der Waals surface area contributed by atoms with E-state index in [1.165, 1.54) is 25.7 Å². The van der Waals surface area contributed by atoms with Crippen molar-refractivity contribution < 1.29 is 14.6 Å². The first-order valence-corrected chi connectivity index (χ1v) is 11.1. The van der Waals surface area contributed by atoms with Crippen LogP contribution in [0.15, 0.2) is 11.6 Å². The van der Waals surface area contributed by atoms with Gasteiger partial charge in [0.05, 0.1) is 24.1 Å². The molecule has 2 unspecified atom stereocenters. The molecule has 5 rings (SSSR count). The van der Waals surface area contributed by atoms with Crippen LogP contribution in [0.5, 0.6) is 0 Å². The van der Waals surface area contributed by atoms with Crippen LogP contribution >= 0.6 is 15.9 Å². The summed E-state index contributed by atoms with van der Waals surface area (Å²) in [5.74, 6) is 1.75. The van der Waals surface area contributed by atoms with Gasteiger partial charge in [-0.05, 0) is 68.1 Å². The molecule has 0 amide bonds. The SMILES string of the molecule is C[C@]12CC[C@H](O)CC1=CCC1C2CC[C@@]2(C)[C@H]1C[C@@H](Br)C21OCCO1. The molecule has 3 saturated carbocycles. The van der Waals surface area contributed by atoms with Crippen molar-refractivity contribution in [2.75, 3.05) is 13.2 Å². The van der Waals surface area contributed by atoms with Crippen LogP contribution in [0.3, 0.4) is 0 Å². The van der Waals surface area contributed by atoms with Crippen molar-refractivity contribution in [3.8, 4) is 0 Å². The zero-order chi connectivity index (χ0) is 17.4. The molecule has 0 bridgehead atoms. The van der Waals surface area contributed by atoms with Crippen molar-refractivity contribution >= 4 is 15.9 Å². The summed E-state index contributed by atoms with van der Waals surface area (Å²) in [5.41, 5.74) is 1.97. The van der Waals surface area contributed by atoms with Gasteiger partial charge >= 0.3 is 0 Å². The number of fused-ring (bicyclic) bond motifs is 6. The monoisotopic (exact) mass is 410 g/mol. The molecule has 3 nitrogen and oxygen atoms in total. The van der Waals surface area contributed by atoms with E-state index < -0.39 is 5.79 Å². The van der Waals surface area contributed by atoms with Crippen LogP contribution < -0.4 is 0 Å². The number of hydrogen-bond donors (Lipinski definition) is 1. The van der Waals surface area contributed by atoms with E-state index >= 15 is 0 Å². The van der Waals surface area contributed by atoms with E-state index in [0.29, 0.717) is 16.2 Å². The fourth-order valence-corrected chi connectivity index (χ4v) is 8.69. The standard InChI is InChI=1S/C21H31BrO3/c1-19-7-5-14(23)11-13(19)3-4-15-16(19)6-8-20(2)17(15)12-18(22)21(20)24-9-10-25-21/h3,14-18,23H,4-12H2,1-2H3/t14-,15?,16?,17-,18+,19-,20-/m0/s1. The molecule has 1 aliphatic heterocycles. The van der Waals surface area contributed by atoms with E-state index in [0.717, 1.165) is 44.3 Å². The Hall–Kier alpha value is 0.1000. The second kappa shape index (κ2) is 5.56. The smallest absolute Gasteiger partial charge is 0.186 e. The molecule has 25 heavy (non-hydrogen) atoms. The third kappa shape index (κ3) is 2.09. The van der Waals surface area contributed by atoms with Gasteiger partial charge in [-0.2, -0.15) is 0 Å². The van der Waals surface area contributed by atoms with E-state index in [-0.39, 0.29) is 11.5 Å². The largest absolute Gasteiger partial charge is 0.393 e. The van der Waals surface area contributed by atoms with Gasteiger partial charge in [-0.25, -0.2) is 0 Å². The summed E-state index contributed by atoms with van der Waals surface area (Å²) in [5, 5.41) is 10.1. The molecule has 140 valence electrons. The second-order valence-electron chi connectivity index (χ2n) is 9.68. The van der Waals surface area contributed by atoms with Gasteiger partial charge in [0.25, 0.3) is 0 Å². The molecular formula is C21H31BrO3. The lowest BCUT2D eigenvalue weighted by Crippen LogP contribution is -2.56. The Labute approximate surface area is 159 Å². The predicted molar refractivity (Wildman–Crippen MR) is 100 cm³/mol. The van der Waals surface area contributed by atoms with Crippen molar-refractivity contribution in [2.24, 2.45) is 28.6 Å². The average Bonchev–Trinajstić information content (AvgIpc) is 3.16. The number of halogens is 1. The van der Waals surface area contributed by atoms with Gasteiger partial charge in [0.2, 0.25) is 0 Å². The van der Waals surface area contributed by atoms with E-state index in [1.54, 1.807) is 5.57 Å². The summed E-state index contributed by atoms with van der Waals surface area (Å²) in [6.07, 6.45) is 10.2. The molecule has 0 aromatic heterocycles. The molecule has 1 saturated heterocycles. The highest BCUT2D eigenvalue weighted by molar-refractivity contribution is 9.09. The molecule has 0 radical (unpaired) electrons. The van der Waals surface area contributed by atoms with E-state index in [2.05, 4.69) is 35.9 Å². The third-order valence-electron chi connectivity index (χ3n) is 8.85. The van der Waals surface area contributed by atoms with Gasteiger partial charge in [0.15, 0.2) is 5.79 Å². The number of allylic oxidation sites excluding steroid dienone is 1. The molecule has 1 N–H and O–H groups in total. The summed E-state index contributed by atoms with van der Waals surface area (Å²) in [7, 11) is 0. The summed E-state index contributed by atoms with van der Waals surface area (Å²) in [6, 6.07) is 0. The van der Waals surface area contributed by atoms with Crippen LogP contribution in [-0.4, -0.2) is 35.0 Å². The van der Waals surface area contributed by atoms with Crippen LogP contribution in [0.4, 0.5) is 0 Å². The molecular weight excluding hydrogens is 380 g/mol. The zero-order valence-corrected chi connectivity index (χ0v) is 17.1. The first kappa shape index (κ1) is 17.2. The minimum Gasteiger partial charge on any atom is -0.393 e. The molecule has 1 heterocycles. The summed E-state index contributed by atoms with van der Waals surface area (Å²) >= 11 is 3.96. The molecule has 4 aliphatic carbocycles. The van der Waals surface area contributed by atoms with Crippen molar-refractivity contribution in [2.45, 2.75) is 75.5 Å². The van der Waals surface area contributed by atoms with Crippen LogP contribution in [0.2, 0.25) is 0 Å². The summed E-state index contributed by atoms with van der Waals surface area (Å²) in [6.45, 7) is 6.39. The number of rotatable bonds is 0. The fourth-order valence-electron chi connectivity index (χ4n) is 7.50. The van der Waals surface area contributed by atoms with Gasteiger partial charge < -0.3 is 14.6 Å². The van der Waals surface area contributed by atoms with E-state index in [9.17, 15) is 5.11 Å². The average molecular weight is 411 g/mol. The van der Waals surface area contributed by atoms with Gasteiger partial charge in [-0.3, -0.25) is 0 Å². The van der Waals surface area contributed by atoms with Gasteiger partial charge in [-0.15, -0.1) is 0 Å². The van der Waals surface area contributed by atoms with Crippen molar-refractivity contribution in [1.82, 2.24) is 0 Å². The zero-order valence-electron chi connectivity index (χ0n) is 15.5. The maximum Gasteiger partial charge on any atom is 0.186 e. The first-order valence-electron chi connectivity index (χ1n) is 10.2. The van der Waals surface area contributed by atoms with Gasteiger partial charge in [-0.1, -0.05) is 41.4 Å². The lowest BCUT2D eigenvalue weighted by Gasteiger charge is -2.58. The summed E-state index contributed by atoms with van der Waals surface area (Å²) in [4.78, 5) is 0.308. The van der Waals surface area contributed by atoms with Gasteiger partial charge in [0.1, 0.15) is 0 Å². The highest BCUT2D eigenvalue weighted by Crippen LogP contribution is 2.69. The minimum atomic E-state index is -0.406. The Bertz CT molecular complexity index is 598. The molecule has 4 heteroatoms. The van der Waals surface area contributed by atoms with E-state index in [1.807, 2.05) is 0 Å². The molecule has 7 atom stereocenters. The first-order chi connectivity index (χ1) is 11.9. The second-order valence-corrected chi connectivity index (χ2v) is 10.8. The molecule has 0 aromatic carbocycles. The van der Waals surface area contributed by atoms with Crippen molar-refractivity contribution in [1.29, 1.82) is 0 Å². The Morgan fingerprint density at radius 3 is 2.64 bits per heavy atom. The fraction of sp³-hybridized carbons (Fsp3) is 0.905. The van der Waals surface area contributed by atoms with Crippen LogP contribution in [0, 0.1) is 28.6 Å². The highest BCUT2D eigenvalue weighted by Gasteiger charge is 2.69. The number of aliphatic hydroxyl groups excluding tert-OH is 1. The topological polar surface area (TPSA) is 38.7 Å². The number of hydrogen-bond acceptors (Lipinski definition) is 3. The number of aliphatic hydroxyl groups is 1. The van der Waals surface area contributed by atoms with Crippen LogP contribution in [0.25, 0.3) is 0 Å². The quantitative estimate of drug-likeness (QED) is 0.474. The van der Waals surface area contributed by atoms with Crippen molar-refractivity contribution in [3.63, 3.8) is 0 Å². The maximum atomic E-state index is 10.1. The highest BCUT2D eigenvalue weighted by atomic mass is 79.9. The van der Waals surface area contributed by atoms with Gasteiger partial charge in [0, 0.05) is 5.41 Å². The predicted octanol–water partition coefficient (Wildman–Crippen LogP) is 4.43. The number of alkyl halides is 1.